The number of allylic oxidation sites excluding steroid dienone is 20. The van der Waals surface area contributed by atoms with Gasteiger partial charge in [0.05, 0.1) is 12.2 Å². The minimum atomic E-state index is -4.52. The minimum Gasteiger partial charge on any atom is -0.393 e. The molecule has 252 valence electrons. The van der Waals surface area contributed by atoms with Crippen LogP contribution in [0.3, 0.4) is 0 Å². The van der Waals surface area contributed by atoms with E-state index in [1.807, 2.05) is 31.2 Å². The van der Waals surface area contributed by atoms with Crippen molar-refractivity contribution in [1.29, 1.82) is 0 Å². The van der Waals surface area contributed by atoms with E-state index < -0.39 is 13.9 Å². The van der Waals surface area contributed by atoms with E-state index in [1.54, 1.807) is 0 Å². The molecule has 0 bridgehead atoms. The SMILES string of the molecule is CC1=C[C@H](OP(=O)(O)O)CC(C)(C)[C@H]1/C=C/C(C)=C/C=C/C(C)=C/C=C/C=C(C)/C=C/C=C(C)/C=C/C1=C(C)C[C@@H](O)CC1(C)C. The van der Waals surface area contributed by atoms with Crippen LogP contribution in [0.2, 0.25) is 0 Å². The molecule has 0 aromatic carbocycles. The molecule has 0 radical (unpaired) electrons. The fourth-order valence-corrected chi connectivity index (χ4v) is 6.85. The fraction of sp³-hybridized carbons (Fsp3) is 0.450. The average Bonchev–Trinajstić information content (AvgIpc) is 2.88. The second-order valence-electron chi connectivity index (χ2n) is 14.3. The van der Waals surface area contributed by atoms with Gasteiger partial charge in [0.1, 0.15) is 0 Å². The van der Waals surface area contributed by atoms with Gasteiger partial charge in [-0.05, 0) is 77.2 Å². The van der Waals surface area contributed by atoms with E-state index in [-0.39, 0.29) is 22.9 Å². The molecule has 6 heteroatoms. The second kappa shape index (κ2) is 17.4. The maximum Gasteiger partial charge on any atom is 0.470 e. The van der Waals surface area contributed by atoms with E-state index in [0.717, 1.165) is 35.1 Å². The molecule has 0 heterocycles. The predicted octanol–water partition coefficient (Wildman–Crippen LogP) is 10.5. The number of phosphoric acid groups is 1. The monoisotopic (exact) mass is 648 g/mol. The third kappa shape index (κ3) is 13.9. The zero-order chi connectivity index (χ0) is 34.7. The van der Waals surface area contributed by atoms with Crippen LogP contribution in [-0.4, -0.2) is 27.1 Å². The Morgan fingerprint density at radius 3 is 1.80 bits per heavy atom. The van der Waals surface area contributed by atoms with Gasteiger partial charge >= 0.3 is 7.82 Å². The Bertz CT molecular complexity index is 1460. The highest BCUT2D eigenvalue weighted by atomic mass is 31.2. The number of aliphatic hydroxyl groups is 1. The highest BCUT2D eigenvalue weighted by molar-refractivity contribution is 7.46. The number of hydrogen-bond donors (Lipinski definition) is 3. The molecule has 2 aliphatic carbocycles. The standard InChI is InChI=1S/C40H57O5P/c1-29(17-13-19-31(3)21-23-37-33(5)25-35(41)27-39(37,7)8)15-11-12-16-30(2)18-14-20-32(4)22-24-38-34(6)26-36(28-40(38,9)10)45-46(42,43)44/h11-24,26,35-36,38,41H,25,27-28H2,1-10H3,(H2,42,43,44)/b12-11+,17-13+,18-14+,23-21+,24-22+,29-15+,30-16+,31-19+,32-20+/t35-,36+,38+/m1/s1. The van der Waals surface area contributed by atoms with Crippen molar-refractivity contribution in [2.75, 3.05) is 0 Å². The van der Waals surface area contributed by atoms with E-state index in [1.165, 1.54) is 16.7 Å². The molecule has 0 aromatic rings. The largest absolute Gasteiger partial charge is 0.470 e. The van der Waals surface area contributed by atoms with Crippen molar-refractivity contribution in [3.63, 3.8) is 0 Å². The van der Waals surface area contributed by atoms with Crippen LogP contribution in [0.1, 0.15) is 88.5 Å². The van der Waals surface area contributed by atoms with Gasteiger partial charge in [0.25, 0.3) is 0 Å². The first-order valence-electron chi connectivity index (χ1n) is 16.2. The van der Waals surface area contributed by atoms with E-state index in [9.17, 15) is 19.5 Å². The lowest BCUT2D eigenvalue weighted by Crippen LogP contribution is -2.33. The molecule has 0 saturated carbocycles. The molecule has 2 rings (SSSR count). The van der Waals surface area contributed by atoms with Gasteiger partial charge in [-0.25, -0.2) is 4.57 Å². The summed E-state index contributed by atoms with van der Waals surface area (Å²) in [6.45, 7) is 21.1. The van der Waals surface area contributed by atoms with Gasteiger partial charge in [-0.3, -0.25) is 4.52 Å². The second-order valence-corrected chi connectivity index (χ2v) is 15.5. The van der Waals surface area contributed by atoms with Gasteiger partial charge in [0.15, 0.2) is 0 Å². The van der Waals surface area contributed by atoms with Crippen LogP contribution in [0.5, 0.6) is 0 Å². The highest BCUT2D eigenvalue weighted by Crippen LogP contribution is 2.47. The first-order valence-corrected chi connectivity index (χ1v) is 17.7. The Labute approximate surface area is 278 Å². The lowest BCUT2D eigenvalue weighted by molar-refractivity contribution is 0.1000. The number of rotatable bonds is 12. The predicted molar refractivity (Wildman–Crippen MR) is 195 cm³/mol. The van der Waals surface area contributed by atoms with Crippen LogP contribution >= 0.6 is 7.82 Å². The molecular formula is C40H57O5P. The molecular weight excluding hydrogens is 591 g/mol. The summed E-state index contributed by atoms with van der Waals surface area (Å²) >= 11 is 0. The molecule has 0 amide bonds. The number of phosphoric ester groups is 1. The van der Waals surface area contributed by atoms with Gasteiger partial charge in [-0.2, -0.15) is 0 Å². The zero-order valence-electron chi connectivity index (χ0n) is 29.6. The maximum absolute atomic E-state index is 11.3. The van der Waals surface area contributed by atoms with Crippen LogP contribution in [0, 0.1) is 16.7 Å². The number of hydrogen-bond acceptors (Lipinski definition) is 3. The fourth-order valence-electron chi connectivity index (χ4n) is 6.36. The Morgan fingerprint density at radius 1 is 0.804 bits per heavy atom. The smallest absolute Gasteiger partial charge is 0.393 e. The average molecular weight is 649 g/mol. The molecule has 0 aromatic heterocycles. The van der Waals surface area contributed by atoms with E-state index in [4.69, 9.17) is 4.52 Å². The maximum atomic E-state index is 11.3. The Kier molecular flexibility index (Phi) is 14.9. The van der Waals surface area contributed by atoms with Crippen molar-refractivity contribution in [1.82, 2.24) is 0 Å². The van der Waals surface area contributed by atoms with Crippen molar-refractivity contribution in [3.05, 3.63) is 130 Å². The van der Waals surface area contributed by atoms with Crippen LogP contribution < -0.4 is 0 Å². The van der Waals surface area contributed by atoms with Crippen LogP contribution in [0.15, 0.2) is 130 Å². The normalized spacial score (nSPS) is 25.7. The van der Waals surface area contributed by atoms with E-state index in [2.05, 4.69) is 129 Å². The quantitative estimate of drug-likeness (QED) is 0.111. The van der Waals surface area contributed by atoms with Crippen molar-refractivity contribution in [3.8, 4) is 0 Å². The Hall–Kier alpha value is -2.79. The van der Waals surface area contributed by atoms with Crippen LogP contribution in [0.25, 0.3) is 0 Å². The zero-order valence-corrected chi connectivity index (χ0v) is 30.5. The summed E-state index contributed by atoms with van der Waals surface area (Å²) in [4.78, 5) is 18.4. The molecule has 3 atom stereocenters. The number of aliphatic hydroxyl groups excluding tert-OH is 1. The van der Waals surface area contributed by atoms with Crippen molar-refractivity contribution >= 4 is 7.82 Å². The summed E-state index contributed by atoms with van der Waals surface area (Å²) in [6.07, 6.45) is 32.5. The summed E-state index contributed by atoms with van der Waals surface area (Å²) in [6, 6.07) is 0. The van der Waals surface area contributed by atoms with Gasteiger partial charge in [-0.15, -0.1) is 0 Å². The highest BCUT2D eigenvalue weighted by Gasteiger charge is 2.37. The lowest BCUT2D eigenvalue weighted by Gasteiger charge is -2.40. The third-order valence-electron chi connectivity index (χ3n) is 8.59. The summed E-state index contributed by atoms with van der Waals surface area (Å²) in [5.74, 6) is 0.157. The molecule has 5 nitrogen and oxygen atoms in total. The summed E-state index contributed by atoms with van der Waals surface area (Å²) in [5.41, 5.74) is 8.05. The molecule has 0 spiro atoms. The molecule has 0 saturated heterocycles. The van der Waals surface area contributed by atoms with Gasteiger partial charge in [-0.1, -0.05) is 152 Å². The molecule has 0 aliphatic heterocycles. The lowest BCUT2D eigenvalue weighted by atomic mass is 9.67. The van der Waals surface area contributed by atoms with Crippen molar-refractivity contribution < 1.29 is 24.0 Å². The van der Waals surface area contributed by atoms with E-state index >= 15 is 0 Å². The van der Waals surface area contributed by atoms with Crippen LogP contribution in [-0.2, 0) is 9.09 Å². The van der Waals surface area contributed by atoms with Crippen molar-refractivity contribution in [2.45, 2.75) is 101 Å². The summed E-state index contributed by atoms with van der Waals surface area (Å²) in [7, 11) is -4.52. The third-order valence-corrected chi connectivity index (χ3v) is 9.13. The van der Waals surface area contributed by atoms with E-state index in [0.29, 0.717) is 6.42 Å². The van der Waals surface area contributed by atoms with Gasteiger partial charge in [0.2, 0.25) is 0 Å². The molecule has 3 N–H and O–H groups in total. The van der Waals surface area contributed by atoms with Crippen LogP contribution in [0.4, 0.5) is 0 Å². The molecule has 0 unspecified atom stereocenters. The molecule has 46 heavy (non-hydrogen) atoms. The van der Waals surface area contributed by atoms with Crippen molar-refractivity contribution in [2.24, 2.45) is 16.7 Å². The molecule has 0 fully saturated rings. The Morgan fingerprint density at radius 2 is 1.30 bits per heavy atom. The van der Waals surface area contributed by atoms with Gasteiger partial charge in [0, 0.05) is 5.92 Å². The summed E-state index contributed by atoms with van der Waals surface area (Å²) < 4.78 is 16.2. The Balaban J connectivity index is 1.92. The van der Waals surface area contributed by atoms with Gasteiger partial charge < -0.3 is 14.9 Å². The first kappa shape index (κ1) is 39.4. The minimum absolute atomic E-state index is 0.0110. The molecule has 2 aliphatic rings. The topological polar surface area (TPSA) is 87.0 Å². The summed E-state index contributed by atoms with van der Waals surface area (Å²) in [5, 5.41) is 10.1. The first-order chi connectivity index (χ1) is 21.3.